The molecular weight excluding hydrogens is 366 g/mol. The lowest BCUT2D eigenvalue weighted by Gasteiger charge is -2.06. The molecule has 3 aromatic rings. The number of hydrogen-bond donors (Lipinski definition) is 1. The SMILES string of the molecule is O=C(c1ccc(S(=O)(=O)NCc2nnc(-c3ccccc3)o2)cc1)C1CC1. The predicted molar refractivity (Wildman–Crippen MR) is 97.3 cm³/mol. The van der Waals surface area contributed by atoms with Crippen molar-refractivity contribution < 1.29 is 17.6 Å². The Labute approximate surface area is 156 Å². The number of aromatic nitrogens is 2. The number of Topliss-reactive ketones (excluding diaryl/α,β-unsaturated/α-hetero) is 1. The number of carbonyl (C=O) groups is 1. The fourth-order valence-electron chi connectivity index (χ4n) is 2.64. The molecule has 0 unspecified atom stereocenters. The van der Waals surface area contributed by atoms with Gasteiger partial charge in [0, 0.05) is 17.0 Å². The van der Waals surface area contributed by atoms with Gasteiger partial charge in [-0.2, -0.15) is 0 Å². The average molecular weight is 383 g/mol. The van der Waals surface area contributed by atoms with E-state index in [0.717, 1.165) is 18.4 Å². The summed E-state index contributed by atoms with van der Waals surface area (Å²) in [6, 6.07) is 15.2. The molecule has 1 saturated carbocycles. The van der Waals surface area contributed by atoms with Gasteiger partial charge in [-0.25, -0.2) is 13.1 Å². The zero-order valence-corrected chi connectivity index (χ0v) is 15.1. The molecule has 1 heterocycles. The van der Waals surface area contributed by atoms with Crippen LogP contribution in [0.15, 0.2) is 63.9 Å². The lowest BCUT2D eigenvalue weighted by molar-refractivity contribution is 0.0967. The van der Waals surface area contributed by atoms with Crippen molar-refractivity contribution >= 4 is 15.8 Å². The molecule has 0 saturated heterocycles. The average Bonchev–Trinajstić information content (AvgIpc) is 3.44. The molecule has 1 aliphatic rings. The molecule has 0 amide bonds. The van der Waals surface area contributed by atoms with Crippen LogP contribution in [0.3, 0.4) is 0 Å². The van der Waals surface area contributed by atoms with E-state index in [2.05, 4.69) is 14.9 Å². The van der Waals surface area contributed by atoms with Crippen LogP contribution in [0.4, 0.5) is 0 Å². The van der Waals surface area contributed by atoms with Gasteiger partial charge in [0.25, 0.3) is 0 Å². The number of nitrogens with one attached hydrogen (secondary N) is 1. The second kappa shape index (κ2) is 7.05. The minimum absolute atomic E-state index is 0.0752. The normalized spacial score (nSPS) is 14.2. The molecule has 0 radical (unpaired) electrons. The summed E-state index contributed by atoms with van der Waals surface area (Å²) in [6.07, 6.45) is 1.82. The number of ketones is 1. The van der Waals surface area contributed by atoms with E-state index < -0.39 is 10.0 Å². The maximum atomic E-state index is 12.4. The number of rotatable bonds is 7. The first-order chi connectivity index (χ1) is 13.0. The molecule has 1 N–H and O–H groups in total. The quantitative estimate of drug-likeness (QED) is 0.630. The summed E-state index contributed by atoms with van der Waals surface area (Å²) < 4.78 is 32.8. The minimum Gasteiger partial charge on any atom is -0.419 e. The van der Waals surface area contributed by atoms with Crippen LogP contribution in [0.25, 0.3) is 11.5 Å². The van der Waals surface area contributed by atoms with Crippen LogP contribution in [0.2, 0.25) is 0 Å². The molecule has 0 bridgehead atoms. The van der Waals surface area contributed by atoms with Crippen LogP contribution in [-0.4, -0.2) is 24.4 Å². The smallest absolute Gasteiger partial charge is 0.247 e. The van der Waals surface area contributed by atoms with Crippen LogP contribution >= 0.6 is 0 Å². The topological polar surface area (TPSA) is 102 Å². The van der Waals surface area contributed by atoms with Crippen molar-refractivity contribution in [3.8, 4) is 11.5 Å². The molecule has 0 spiro atoms. The maximum Gasteiger partial charge on any atom is 0.247 e. The lowest BCUT2D eigenvalue weighted by atomic mass is 10.1. The highest BCUT2D eigenvalue weighted by molar-refractivity contribution is 7.89. The molecule has 0 atom stereocenters. The van der Waals surface area contributed by atoms with E-state index in [1.165, 1.54) is 12.1 Å². The van der Waals surface area contributed by atoms with Crippen molar-refractivity contribution in [2.75, 3.05) is 0 Å². The second-order valence-electron chi connectivity index (χ2n) is 6.35. The van der Waals surface area contributed by atoms with E-state index in [0.29, 0.717) is 11.5 Å². The molecule has 27 heavy (non-hydrogen) atoms. The van der Waals surface area contributed by atoms with Crippen molar-refractivity contribution in [2.45, 2.75) is 24.3 Å². The monoisotopic (exact) mass is 383 g/mol. The van der Waals surface area contributed by atoms with E-state index in [-0.39, 0.29) is 29.0 Å². The van der Waals surface area contributed by atoms with Crippen LogP contribution in [0.5, 0.6) is 0 Å². The Morgan fingerprint density at radius 2 is 1.74 bits per heavy atom. The summed E-state index contributed by atoms with van der Waals surface area (Å²) in [5.41, 5.74) is 1.30. The third-order valence-corrected chi connectivity index (χ3v) is 5.72. The van der Waals surface area contributed by atoms with Gasteiger partial charge >= 0.3 is 0 Å². The van der Waals surface area contributed by atoms with Gasteiger partial charge in [-0.05, 0) is 37.1 Å². The van der Waals surface area contributed by atoms with Gasteiger partial charge < -0.3 is 4.42 Å². The van der Waals surface area contributed by atoms with Crippen LogP contribution in [0, 0.1) is 5.92 Å². The number of carbonyl (C=O) groups excluding carboxylic acids is 1. The van der Waals surface area contributed by atoms with Gasteiger partial charge in [0.2, 0.25) is 21.8 Å². The van der Waals surface area contributed by atoms with Crippen LogP contribution < -0.4 is 4.72 Å². The highest BCUT2D eigenvalue weighted by Crippen LogP contribution is 2.32. The van der Waals surface area contributed by atoms with Crippen molar-refractivity contribution in [1.29, 1.82) is 0 Å². The highest BCUT2D eigenvalue weighted by Gasteiger charge is 2.30. The molecule has 1 fully saturated rings. The second-order valence-corrected chi connectivity index (χ2v) is 8.12. The predicted octanol–water partition coefficient (Wildman–Crippen LogP) is 2.81. The summed E-state index contributed by atoms with van der Waals surface area (Å²) in [5, 5.41) is 7.79. The molecule has 8 heteroatoms. The van der Waals surface area contributed by atoms with Gasteiger partial charge in [0.05, 0.1) is 11.4 Å². The first-order valence-corrected chi connectivity index (χ1v) is 10.0. The van der Waals surface area contributed by atoms with E-state index in [9.17, 15) is 13.2 Å². The van der Waals surface area contributed by atoms with Crippen molar-refractivity contribution in [2.24, 2.45) is 5.92 Å². The van der Waals surface area contributed by atoms with Gasteiger partial charge in [0.15, 0.2) is 5.78 Å². The Morgan fingerprint density at radius 1 is 1.04 bits per heavy atom. The number of benzene rings is 2. The van der Waals surface area contributed by atoms with Crippen molar-refractivity contribution in [3.63, 3.8) is 0 Å². The molecule has 4 rings (SSSR count). The molecule has 1 aliphatic carbocycles. The Morgan fingerprint density at radius 3 is 2.41 bits per heavy atom. The summed E-state index contributed by atoms with van der Waals surface area (Å²) in [4.78, 5) is 12.1. The Kier molecular flexibility index (Phi) is 4.59. The molecular formula is C19H17N3O4S. The Hall–Kier alpha value is -2.84. The van der Waals surface area contributed by atoms with E-state index in [1.54, 1.807) is 12.1 Å². The zero-order valence-electron chi connectivity index (χ0n) is 14.3. The van der Waals surface area contributed by atoms with Crippen molar-refractivity contribution in [1.82, 2.24) is 14.9 Å². The molecule has 1 aromatic heterocycles. The summed E-state index contributed by atoms with van der Waals surface area (Å²) >= 11 is 0. The molecule has 2 aromatic carbocycles. The van der Waals surface area contributed by atoms with E-state index in [4.69, 9.17) is 4.42 Å². The highest BCUT2D eigenvalue weighted by atomic mass is 32.2. The first-order valence-electron chi connectivity index (χ1n) is 8.55. The zero-order chi connectivity index (χ0) is 18.9. The molecule has 138 valence electrons. The number of sulfonamides is 1. The van der Waals surface area contributed by atoms with E-state index in [1.807, 2.05) is 30.3 Å². The van der Waals surface area contributed by atoms with Gasteiger partial charge in [0.1, 0.15) is 0 Å². The number of nitrogens with zero attached hydrogens (tertiary/aromatic N) is 2. The van der Waals surface area contributed by atoms with Gasteiger partial charge in [-0.1, -0.05) is 30.3 Å². The standard InChI is InChI=1S/C19H17N3O4S/c23-18(13-6-7-13)14-8-10-16(11-9-14)27(24,25)20-12-17-21-22-19(26-17)15-4-2-1-3-5-15/h1-5,8-11,13,20H,6-7,12H2. The third kappa shape index (κ3) is 3.96. The molecule has 0 aliphatic heterocycles. The van der Waals surface area contributed by atoms with Crippen LogP contribution in [-0.2, 0) is 16.6 Å². The fourth-order valence-corrected chi connectivity index (χ4v) is 3.62. The van der Waals surface area contributed by atoms with E-state index >= 15 is 0 Å². The Bertz CT molecular complexity index is 1060. The fraction of sp³-hybridized carbons (Fsp3) is 0.211. The van der Waals surface area contributed by atoms with Gasteiger partial charge in [-0.3, -0.25) is 4.79 Å². The number of hydrogen-bond acceptors (Lipinski definition) is 6. The van der Waals surface area contributed by atoms with Gasteiger partial charge in [-0.15, -0.1) is 10.2 Å². The summed E-state index contributed by atoms with van der Waals surface area (Å²) in [7, 11) is -3.75. The Balaban J connectivity index is 1.43. The first kappa shape index (κ1) is 17.6. The summed E-state index contributed by atoms with van der Waals surface area (Å²) in [5.74, 6) is 0.666. The minimum atomic E-state index is -3.75. The summed E-state index contributed by atoms with van der Waals surface area (Å²) in [6.45, 7) is -0.120. The lowest BCUT2D eigenvalue weighted by Crippen LogP contribution is -2.23. The maximum absolute atomic E-state index is 12.4. The van der Waals surface area contributed by atoms with Crippen molar-refractivity contribution in [3.05, 3.63) is 66.1 Å². The van der Waals surface area contributed by atoms with Crippen LogP contribution in [0.1, 0.15) is 29.1 Å². The largest absolute Gasteiger partial charge is 0.419 e. The third-order valence-electron chi connectivity index (χ3n) is 4.30. The molecule has 7 nitrogen and oxygen atoms in total.